The highest BCUT2D eigenvalue weighted by Gasteiger charge is 2.14. The van der Waals surface area contributed by atoms with E-state index in [0.29, 0.717) is 35.1 Å². The van der Waals surface area contributed by atoms with Gasteiger partial charge >= 0.3 is 0 Å². The highest BCUT2D eigenvalue weighted by molar-refractivity contribution is 6.30. The summed E-state index contributed by atoms with van der Waals surface area (Å²) in [5.41, 5.74) is 2.52. The van der Waals surface area contributed by atoms with E-state index in [1.165, 1.54) is 0 Å². The van der Waals surface area contributed by atoms with E-state index in [1.807, 2.05) is 24.3 Å². The standard InChI is InChI=1S/C22H17ClN2O2/c23-17-9-11-18(12-10-17)27-14-13-25-22(26)21-8-4-3-7-20(21)19-6-2-1-5-16(19)15-24/h1-12H,13-14H2,(H,25,26). The molecule has 0 spiro atoms. The van der Waals surface area contributed by atoms with Crippen molar-refractivity contribution in [1.82, 2.24) is 5.32 Å². The first-order valence-corrected chi connectivity index (χ1v) is 8.82. The number of halogens is 1. The van der Waals surface area contributed by atoms with Crippen molar-refractivity contribution in [2.45, 2.75) is 0 Å². The van der Waals surface area contributed by atoms with E-state index >= 15 is 0 Å². The summed E-state index contributed by atoms with van der Waals surface area (Å²) in [5, 5.41) is 12.8. The topological polar surface area (TPSA) is 62.1 Å². The lowest BCUT2D eigenvalue weighted by molar-refractivity contribution is 0.0947. The molecule has 0 saturated carbocycles. The van der Waals surface area contributed by atoms with Crippen molar-refractivity contribution in [3.05, 3.63) is 88.9 Å². The summed E-state index contributed by atoms with van der Waals surface area (Å²) in [5.74, 6) is 0.482. The maximum Gasteiger partial charge on any atom is 0.252 e. The molecule has 1 N–H and O–H groups in total. The lowest BCUT2D eigenvalue weighted by Gasteiger charge is -2.12. The number of amides is 1. The van der Waals surface area contributed by atoms with E-state index in [2.05, 4.69) is 11.4 Å². The number of hydrogen-bond donors (Lipinski definition) is 1. The molecule has 0 bridgehead atoms. The van der Waals surface area contributed by atoms with Crippen molar-refractivity contribution in [3.8, 4) is 22.9 Å². The van der Waals surface area contributed by atoms with Crippen molar-refractivity contribution in [2.24, 2.45) is 0 Å². The summed E-state index contributed by atoms with van der Waals surface area (Å²) >= 11 is 5.84. The van der Waals surface area contributed by atoms with Gasteiger partial charge in [-0.15, -0.1) is 0 Å². The Morgan fingerprint density at radius 2 is 1.63 bits per heavy atom. The summed E-state index contributed by atoms with van der Waals surface area (Å²) in [7, 11) is 0. The van der Waals surface area contributed by atoms with Gasteiger partial charge in [-0.3, -0.25) is 4.79 Å². The van der Waals surface area contributed by atoms with Crippen LogP contribution in [0.15, 0.2) is 72.8 Å². The summed E-state index contributed by atoms with van der Waals surface area (Å²) in [4.78, 5) is 12.6. The predicted molar refractivity (Wildman–Crippen MR) is 106 cm³/mol. The number of nitrogens with one attached hydrogen (secondary N) is 1. The van der Waals surface area contributed by atoms with Crippen LogP contribution in [0.2, 0.25) is 5.02 Å². The molecule has 0 saturated heterocycles. The zero-order valence-corrected chi connectivity index (χ0v) is 15.2. The van der Waals surface area contributed by atoms with Crippen LogP contribution in [0.3, 0.4) is 0 Å². The fraction of sp³-hybridized carbons (Fsp3) is 0.0909. The lowest BCUT2D eigenvalue weighted by Crippen LogP contribution is -2.28. The summed E-state index contributed by atoms with van der Waals surface area (Å²) in [6.07, 6.45) is 0. The summed E-state index contributed by atoms with van der Waals surface area (Å²) in [6, 6.07) is 23.7. The van der Waals surface area contributed by atoms with Gasteiger partial charge in [0.25, 0.3) is 5.91 Å². The van der Waals surface area contributed by atoms with Crippen LogP contribution >= 0.6 is 11.6 Å². The van der Waals surface area contributed by atoms with E-state index in [0.717, 1.165) is 11.1 Å². The van der Waals surface area contributed by atoms with Crippen LogP contribution in [0, 0.1) is 11.3 Å². The molecule has 0 heterocycles. The van der Waals surface area contributed by atoms with Crippen LogP contribution in [0.25, 0.3) is 11.1 Å². The normalized spacial score (nSPS) is 10.1. The van der Waals surface area contributed by atoms with Crippen molar-refractivity contribution in [2.75, 3.05) is 13.2 Å². The Kier molecular flexibility index (Phi) is 6.09. The van der Waals surface area contributed by atoms with E-state index in [-0.39, 0.29) is 5.91 Å². The smallest absolute Gasteiger partial charge is 0.252 e. The molecule has 0 aromatic heterocycles. The number of hydrogen-bond acceptors (Lipinski definition) is 3. The number of nitriles is 1. The third-order valence-corrected chi connectivity index (χ3v) is 4.23. The minimum absolute atomic E-state index is 0.210. The third-order valence-electron chi connectivity index (χ3n) is 3.98. The van der Waals surface area contributed by atoms with Crippen molar-refractivity contribution in [1.29, 1.82) is 5.26 Å². The second-order valence-corrected chi connectivity index (χ2v) is 6.20. The van der Waals surface area contributed by atoms with Gasteiger partial charge in [0.2, 0.25) is 0 Å². The van der Waals surface area contributed by atoms with E-state index in [1.54, 1.807) is 48.5 Å². The number of nitrogens with zero attached hydrogens (tertiary/aromatic N) is 1. The molecule has 0 aliphatic rings. The van der Waals surface area contributed by atoms with E-state index in [4.69, 9.17) is 16.3 Å². The first-order valence-electron chi connectivity index (χ1n) is 8.44. The first kappa shape index (κ1) is 18.5. The monoisotopic (exact) mass is 376 g/mol. The van der Waals surface area contributed by atoms with Gasteiger partial charge in [-0.25, -0.2) is 0 Å². The second-order valence-electron chi connectivity index (χ2n) is 5.76. The Balaban J connectivity index is 1.67. The molecule has 27 heavy (non-hydrogen) atoms. The molecule has 0 fully saturated rings. The number of benzene rings is 3. The van der Waals surface area contributed by atoms with Crippen LogP contribution in [0.5, 0.6) is 5.75 Å². The van der Waals surface area contributed by atoms with Gasteiger partial charge in [-0.1, -0.05) is 48.0 Å². The minimum atomic E-state index is -0.210. The van der Waals surface area contributed by atoms with Gasteiger partial charge in [-0.05, 0) is 42.0 Å². The molecule has 1 amide bonds. The van der Waals surface area contributed by atoms with Crippen molar-refractivity contribution >= 4 is 17.5 Å². The number of carbonyl (C=O) groups is 1. The molecule has 3 aromatic rings. The van der Waals surface area contributed by atoms with Crippen LogP contribution in [0.1, 0.15) is 15.9 Å². The van der Waals surface area contributed by atoms with Gasteiger partial charge < -0.3 is 10.1 Å². The molecule has 0 unspecified atom stereocenters. The maximum atomic E-state index is 12.6. The first-order chi connectivity index (χ1) is 13.2. The molecule has 134 valence electrons. The summed E-state index contributed by atoms with van der Waals surface area (Å²) < 4.78 is 5.58. The van der Waals surface area contributed by atoms with E-state index in [9.17, 15) is 10.1 Å². The average Bonchev–Trinajstić information content (AvgIpc) is 2.72. The van der Waals surface area contributed by atoms with Gasteiger partial charge in [0.05, 0.1) is 18.2 Å². The Bertz CT molecular complexity index is 978. The van der Waals surface area contributed by atoms with Crippen LogP contribution in [0.4, 0.5) is 0 Å². The molecule has 4 nitrogen and oxygen atoms in total. The molecule has 5 heteroatoms. The maximum absolute atomic E-state index is 12.6. The molecular weight excluding hydrogens is 360 g/mol. The molecule has 0 aliphatic carbocycles. The zero-order valence-electron chi connectivity index (χ0n) is 14.5. The van der Waals surface area contributed by atoms with Crippen LogP contribution in [-0.2, 0) is 0 Å². The largest absolute Gasteiger partial charge is 0.492 e. The van der Waals surface area contributed by atoms with E-state index < -0.39 is 0 Å². The second kappa shape index (κ2) is 8.88. The van der Waals surface area contributed by atoms with Gasteiger partial charge in [0, 0.05) is 16.1 Å². The van der Waals surface area contributed by atoms with Crippen LogP contribution < -0.4 is 10.1 Å². The fourth-order valence-electron chi connectivity index (χ4n) is 2.69. The minimum Gasteiger partial charge on any atom is -0.492 e. The average molecular weight is 377 g/mol. The van der Waals surface area contributed by atoms with Gasteiger partial charge in [-0.2, -0.15) is 5.26 Å². The Morgan fingerprint density at radius 3 is 2.37 bits per heavy atom. The lowest BCUT2D eigenvalue weighted by atomic mass is 9.95. The highest BCUT2D eigenvalue weighted by Crippen LogP contribution is 2.26. The SMILES string of the molecule is N#Cc1ccccc1-c1ccccc1C(=O)NCCOc1ccc(Cl)cc1. The summed E-state index contributed by atoms with van der Waals surface area (Å²) in [6.45, 7) is 0.694. The van der Waals surface area contributed by atoms with Gasteiger partial charge in [0.15, 0.2) is 0 Å². The van der Waals surface area contributed by atoms with Crippen LogP contribution in [-0.4, -0.2) is 19.1 Å². The molecule has 0 aliphatic heterocycles. The third kappa shape index (κ3) is 4.66. The Labute approximate surface area is 163 Å². The van der Waals surface area contributed by atoms with Crippen molar-refractivity contribution < 1.29 is 9.53 Å². The van der Waals surface area contributed by atoms with Gasteiger partial charge in [0.1, 0.15) is 12.4 Å². The quantitative estimate of drug-likeness (QED) is 0.635. The Morgan fingerprint density at radius 1 is 0.963 bits per heavy atom. The number of rotatable bonds is 6. The number of ether oxygens (including phenoxy) is 1. The molecule has 3 rings (SSSR count). The number of carbonyl (C=O) groups excluding carboxylic acids is 1. The molecule has 3 aromatic carbocycles. The molecule has 0 atom stereocenters. The fourth-order valence-corrected chi connectivity index (χ4v) is 2.82. The predicted octanol–water partition coefficient (Wildman–Crippen LogP) is 4.69. The Hall–Kier alpha value is -3.29. The zero-order chi connectivity index (χ0) is 19.1. The highest BCUT2D eigenvalue weighted by atomic mass is 35.5. The molecule has 0 radical (unpaired) electrons. The molecular formula is C22H17ClN2O2. The van der Waals surface area contributed by atoms with Crippen molar-refractivity contribution in [3.63, 3.8) is 0 Å².